The number of thiophene rings is 1. The second-order valence-electron chi connectivity index (χ2n) is 5.59. The first-order valence-electron chi connectivity index (χ1n) is 7.85. The molecule has 3 N–H and O–H groups in total. The van der Waals surface area contributed by atoms with E-state index >= 15 is 0 Å². The number of nitrogens with one attached hydrogen (secondary N) is 1. The molecule has 1 fully saturated rings. The largest absolute Gasteiger partial charge is 0.472 e. The quantitative estimate of drug-likeness (QED) is 0.768. The van der Waals surface area contributed by atoms with Crippen LogP contribution < -0.4 is 16.0 Å². The normalized spacial score (nSPS) is 15.4. The number of hydrogen-bond donors (Lipinski definition) is 2. The molecule has 0 bridgehead atoms. The molecule has 0 aromatic carbocycles. The van der Waals surface area contributed by atoms with Gasteiger partial charge in [0.05, 0.1) is 29.3 Å². The lowest BCUT2D eigenvalue weighted by Gasteiger charge is -2.27. The fourth-order valence-corrected chi connectivity index (χ4v) is 3.96. The molecule has 4 rings (SSSR count). The molecule has 0 aliphatic carbocycles. The van der Waals surface area contributed by atoms with Crippen LogP contribution in [0.25, 0.3) is 21.5 Å². The van der Waals surface area contributed by atoms with Gasteiger partial charge in [0.1, 0.15) is 4.83 Å². The van der Waals surface area contributed by atoms with Crippen LogP contribution in [-0.4, -0.2) is 36.1 Å². The van der Waals surface area contributed by atoms with Crippen molar-refractivity contribution in [2.45, 2.75) is 13.3 Å². The summed E-state index contributed by atoms with van der Waals surface area (Å²) in [6.45, 7) is 5.85. The van der Waals surface area contributed by atoms with Gasteiger partial charge in [-0.25, -0.2) is 9.97 Å². The van der Waals surface area contributed by atoms with E-state index in [-0.39, 0.29) is 0 Å². The molecule has 7 heteroatoms. The Morgan fingerprint density at radius 2 is 2.17 bits per heavy atom. The van der Waals surface area contributed by atoms with Gasteiger partial charge in [0.2, 0.25) is 5.95 Å². The number of nitrogens with zero attached hydrogens (tertiary/aromatic N) is 3. The molecule has 0 atom stereocenters. The van der Waals surface area contributed by atoms with E-state index in [0.717, 1.165) is 70.6 Å². The third-order valence-electron chi connectivity index (χ3n) is 4.17. The van der Waals surface area contributed by atoms with Crippen molar-refractivity contribution in [1.29, 1.82) is 0 Å². The molecule has 0 saturated carbocycles. The van der Waals surface area contributed by atoms with Crippen LogP contribution in [0, 0.1) is 0 Å². The molecule has 3 aromatic rings. The Hall–Kier alpha value is -2.12. The molecule has 0 unspecified atom stereocenters. The van der Waals surface area contributed by atoms with Crippen LogP contribution >= 0.6 is 11.3 Å². The number of fused-ring (bicyclic) bond motifs is 1. The summed E-state index contributed by atoms with van der Waals surface area (Å²) in [6.07, 6.45) is 4.28. The monoisotopic (exact) mass is 329 g/mol. The van der Waals surface area contributed by atoms with Gasteiger partial charge in [0.25, 0.3) is 0 Å². The third kappa shape index (κ3) is 2.46. The molecular formula is C16H19N5OS. The van der Waals surface area contributed by atoms with Crippen LogP contribution in [0.4, 0.5) is 11.6 Å². The Bertz CT molecular complexity index is 821. The van der Waals surface area contributed by atoms with E-state index in [1.54, 1.807) is 23.9 Å². The maximum Gasteiger partial charge on any atom is 0.227 e. The van der Waals surface area contributed by atoms with Crippen molar-refractivity contribution in [1.82, 2.24) is 15.3 Å². The minimum Gasteiger partial charge on any atom is -0.472 e. The van der Waals surface area contributed by atoms with Gasteiger partial charge < -0.3 is 20.4 Å². The average molecular weight is 329 g/mol. The maximum atomic E-state index is 6.36. The zero-order valence-electron chi connectivity index (χ0n) is 13.0. The minimum absolute atomic E-state index is 0.777. The maximum absolute atomic E-state index is 6.36. The molecule has 4 heterocycles. The van der Waals surface area contributed by atoms with Gasteiger partial charge in [-0.05, 0) is 12.5 Å². The molecular weight excluding hydrogens is 310 g/mol. The third-order valence-corrected chi connectivity index (χ3v) is 5.41. The van der Waals surface area contributed by atoms with Crippen molar-refractivity contribution >= 4 is 33.2 Å². The summed E-state index contributed by atoms with van der Waals surface area (Å²) in [5.74, 6) is 0.777. The molecule has 1 aliphatic heterocycles. The summed E-state index contributed by atoms with van der Waals surface area (Å²) in [6, 6.07) is 1.92. The fourth-order valence-electron chi connectivity index (χ4n) is 2.93. The van der Waals surface area contributed by atoms with Gasteiger partial charge in [0, 0.05) is 36.6 Å². The first kappa shape index (κ1) is 14.5. The van der Waals surface area contributed by atoms with Crippen molar-refractivity contribution in [2.75, 3.05) is 36.8 Å². The summed E-state index contributed by atoms with van der Waals surface area (Å²) in [7, 11) is 0. The Labute approximate surface area is 138 Å². The van der Waals surface area contributed by atoms with Gasteiger partial charge in [-0.3, -0.25) is 0 Å². The highest BCUT2D eigenvalue weighted by atomic mass is 32.1. The van der Waals surface area contributed by atoms with E-state index in [9.17, 15) is 0 Å². The Morgan fingerprint density at radius 1 is 1.35 bits per heavy atom. The minimum atomic E-state index is 0.777. The average Bonchev–Trinajstić information content (AvgIpc) is 3.23. The van der Waals surface area contributed by atoms with Crippen LogP contribution in [0.2, 0.25) is 0 Å². The predicted molar refractivity (Wildman–Crippen MR) is 94.0 cm³/mol. The van der Waals surface area contributed by atoms with Crippen LogP contribution in [0.3, 0.4) is 0 Å². The van der Waals surface area contributed by atoms with Crippen molar-refractivity contribution in [3.8, 4) is 11.3 Å². The highest BCUT2D eigenvalue weighted by Crippen LogP contribution is 2.39. The summed E-state index contributed by atoms with van der Waals surface area (Å²) in [5.41, 5.74) is 8.97. The summed E-state index contributed by atoms with van der Waals surface area (Å²) in [4.78, 5) is 14.0. The highest BCUT2D eigenvalue weighted by Gasteiger charge is 2.21. The molecule has 0 amide bonds. The molecule has 1 saturated heterocycles. The van der Waals surface area contributed by atoms with Crippen molar-refractivity contribution < 1.29 is 4.42 Å². The molecule has 1 aliphatic rings. The smallest absolute Gasteiger partial charge is 0.227 e. The number of anilines is 2. The molecule has 6 nitrogen and oxygen atoms in total. The van der Waals surface area contributed by atoms with Crippen LogP contribution in [0.5, 0.6) is 0 Å². The first-order valence-corrected chi connectivity index (χ1v) is 8.66. The second kappa shape index (κ2) is 5.82. The van der Waals surface area contributed by atoms with Crippen LogP contribution in [-0.2, 0) is 6.42 Å². The van der Waals surface area contributed by atoms with Crippen molar-refractivity contribution in [3.05, 3.63) is 23.5 Å². The van der Waals surface area contributed by atoms with E-state index in [2.05, 4.69) is 17.1 Å². The molecule has 0 radical (unpaired) electrons. The van der Waals surface area contributed by atoms with E-state index in [1.807, 2.05) is 6.07 Å². The van der Waals surface area contributed by atoms with Crippen molar-refractivity contribution in [2.24, 2.45) is 0 Å². The number of nitrogen functional groups attached to an aromatic ring is 1. The summed E-state index contributed by atoms with van der Waals surface area (Å²) < 4.78 is 5.25. The Balaban J connectivity index is 1.93. The molecule has 0 spiro atoms. The molecule has 120 valence electrons. The van der Waals surface area contributed by atoms with Crippen LogP contribution in [0.1, 0.15) is 11.8 Å². The Morgan fingerprint density at radius 3 is 2.87 bits per heavy atom. The van der Waals surface area contributed by atoms with E-state index < -0.39 is 0 Å². The number of aromatic nitrogens is 2. The molecule has 23 heavy (non-hydrogen) atoms. The standard InChI is InChI=1S/C16H19N5OS/c1-2-11-13(17)12-14(10-3-8-22-9-10)19-16(20-15(12)23-11)21-6-4-18-5-7-21/h3,8-9,18H,2,4-7,17H2,1H3. The first-order chi connectivity index (χ1) is 11.3. The Kier molecular flexibility index (Phi) is 3.66. The van der Waals surface area contributed by atoms with E-state index in [4.69, 9.17) is 20.1 Å². The van der Waals surface area contributed by atoms with Crippen molar-refractivity contribution in [3.63, 3.8) is 0 Å². The summed E-state index contributed by atoms with van der Waals surface area (Å²) in [5, 5.41) is 4.31. The van der Waals surface area contributed by atoms with Gasteiger partial charge >= 0.3 is 0 Å². The predicted octanol–water partition coefficient (Wildman–Crippen LogP) is 2.51. The highest BCUT2D eigenvalue weighted by molar-refractivity contribution is 7.19. The lowest BCUT2D eigenvalue weighted by Crippen LogP contribution is -2.44. The SMILES string of the molecule is CCc1sc2nc(N3CCNCC3)nc(-c3ccoc3)c2c1N. The lowest BCUT2D eigenvalue weighted by atomic mass is 10.1. The molecule has 3 aromatic heterocycles. The fraction of sp³-hybridized carbons (Fsp3) is 0.375. The topological polar surface area (TPSA) is 80.2 Å². The van der Waals surface area contributed by atoms with E-state index in [1.165, 1.54) is 0 Å². The number of hydrogen-bond acceptors (Lipinski definition) is 7. The lowest BCUT2D eigenvalue weighted by molar-refractivity contribution is 0.568. The number of nitrogens with two attached hydrogens (primary N) is 1. The van der Waals surface area contributed by atoms with Gasteiger partial charge in [0.15, 0.2) is 0 Å². The zero-order valence-corrected chi connectivity index (χ0v) is 13.8. The van der Waals surface area contributed by atoms with Gasteiger partial charge in [-0.1, -0.05) is 6.92 Å². The van der Waals surface area contributed by atoms with Crippen LogP contribution in [0.15, 0.2) is 23.0 Å². The summed E-state index contributed by atoms with van der Waals surface area (Å²) >= 11 is 1.66. The van der Waals surface area contributed by atoms with Gasteiger partial charge in [-0.15, -0.1) is 11.3 Å². The van der Waals surface area contributed by atoms with E-state index in [0.29, 0.717) is 0 Å². The number of furan rings is 1. The number of piperazine rings is 1. The number of rotatable bonds is 3. The zero-order chi connectivity index (χ0) is 15.8. The number of aryl methyl sites for hydroxylation is 1. The second-order valence-corrected chi connectivity index (χ2v) is 6.68. The van der Waals surface area contributed by atoms with Gasteiger partial charge in [-0.2, -0.15) is 0 Å².